The zero-order valence-corrected chi connectivity index (χ0v) is 7.53. The number of carbonyl (C=O) groups excluding carboxylic acids is 2. The standard InChI is InChI=1S/C10H12O3/c1-6(11)4-9(12)8-5-7-2-3-10(8)13-7/h2-3,7-8,10H,4-5H2,1H3. The highest BCUT2D eigenvalue weighted by Crippen LogP contribution is 2.34. The second kappa shape index (κ2) is 3.07. The summed E-state index contributed by atoms with van der Waals surface area (Å²) in [5.41, 5.74) is 0. The predicted molar refractivity (Wildman–Crippen MR) is 46.2 cm³/mol. The smallest absolute Gasteiger partial charge is 0.146 e. The van der Waals surface area contributed by atoms with E-state index in [4.69, 9.17) is 4.74 Å². The van der Waals surface area contributed by atoms with Crippen LogP contribution in [0.1, 0.15) is 19.8 Å². The van der Waals surface area contributed by atoms with Crippen LogP contribution in [0.15, 0.2) is 12.2 Å². The Kier molecular flexibility index (Phi) is 2.04. The third kappa shape index (κ3) is 1.56. The van der Waals surface area contributed by atoms with Gasteiger partial charge in [-0.1, -0.05) is 12.2 Å². The molecule has 0 radical (unpaired) electrons. The SMILES string of the molecule is CC(=O)CC(=O)C1CC2C=CC1O2. The Morgan fingerprint density at radius 2 is 2.23 bits per heavy atom. The number of hydrogen-bond donors (Lipinski definition) is 0. The minimum atomic E-state index is -0.0705. The second-order valence-electron chi connectivity index (χ2n) is 3.71. The first-order valence-electron chi connectivity index (χ1n) is 4.53. The minimum Gasteiger partial charge on any atom is -0.366 e. The van der Waals surface area contributed by atoms with Crippen LogP contribution in [-0.2, 0) is 14.3 Å². The molecule has 0 aromatic heterocycles. The summed E-state index contributed by atoms with van der Waals surface area (Å²) in [6.45, 7) is 1.45. The van der Waals surface area contributed by atoms with E-state index in [1.165, 1.54) is 6.92 Å². The zero-order valence-electron chi connectivity index (χ0n) is 7.53. The molecule has 2 heterocycles. The molecule has 2 aliphatic heterocycles. The van der Waals surface area contributed by atoms with Gasteiger partial charge in [0, 0.05) is 0 Å². The average molecular weight is 180 g/mol. The third-order valence-corrected chi connectivity index (χ3v) is 2.57. The van der Waals surface area contributed by atoms with Crippen LogP contribution < -0.4 is 0 Å². The van der Waals surface area contributed by atoms with E-state index in [0.717, 1.165) is 6.42 Å². The molecule has 0 saturated carbocycles. The van der Waals surface area contributed by atoms with Crippen molar-refractivity contribution in [2.45, 2.75) is 32.0 Å². The van der Waals surface area contributed by atoms with Gasteiger partial charge in [-0.05, 0) is 13.3 Å². The Bertz CT molecular complexity index is 280. The van der Waals surface area contributed by atoms with Crippen LogP contribution in [0.5, 0.6) is 0 Å². The van der Waals surface area contributed by atoms with Crippen LogP contribution in [0.4, 0.5) is 0 Å². The minimum absolute atomic E-state index is 0.0318. The van der Waals surface area contributed by atoms with E-state index < -0.39 is 0 Å². The van der Waals surface area contributed by atoms with Gasteiger partial charge in [0.15, 0.2) is 0 Å². The number of carbonyl (C=O) groups is 2. The summed E-state index contributed by atoms with van der Waals surface area (Å²) in [6, 6.07) is 0. The molecule has 70 valence electrons. The molecule has 1 saturated heterocycles. The van der Waals surface area contributed by atoms with E-state index in [1.807, 2.05) is 12.2 Å². The predicted octanol–water partition coefficient (Wildman–Crippen LogP) is 0.878. The molecule has 0 aromatic carbocycles. The number of ketones is 2. The molecule has 0 spiro atoms. The first-order chi connectivity index (χ1) is 6.16. The normalized spacial score (nSPS) is 35.3. The Balaban J connectivity index is 1.99. The van der Waals surface area contributed by atoms with E-state index in [0.29, 0.717) is 0 Å². The molecule has 0 aromatic rings. The second-order valence-corrected chi connectivity index (χ2v) is 3.71. The summed E-state index contributed by atoms with van der Waals surface area (Å²) < 4.78 is 5.44. The highest BCUT2D eigenvalue weighted by Gasteiger charge is 2.40. The quantitative estimate of drug-likeness (QED) is 0.478. The fourth-order valence-electron chi connectivity index (χ4n) is 1.96. The molecule has 13 heavy (non-hydrogen) atoms. The molecule has 3 unspecified atom stereocenters. The van der Waals surface area contributed by atoms with Crippen molar-refractivity contribution in [1.29, 1.82) is 0 Å². The van der Waals surface area contributed by atoms with Gasteiger partial charge in [-0.3, -0.25) is 9.59 Å². The van der Waals surface area contributed by atoms with Gasteiger partial charge in [0.1, 0.15) is 11.6 Å². The molecule has 2 aliphatic rings. The van der Waals surface area contributed by atoms with Gasteiger partial charge in [0.05, 0.1) is 24.5 Å². The van der Waals surface area contributed by atoms with Gasteiger partial charge in [0.25, 0.3) is 0 Å². The van der Waals surface area contributed by atoms with E-state index in [1.54, 1.807) is 0 Å². The van der Waals surface area contributed by atoms with Crippen LogP contribution in [-0.4, -0.2) is 23.8 Å². The molecule has 0 amide bonds. The fourth-order valence-corrected chi connectivity index (χ4v) is 1.96. The lowest BCUT2D eigenvalue weighted by Gasteiger charge is -2.12. The molecular formula is C10H12O3. The van der Waals surface area contributed by atoms with Crippen LogP contribution >= 0.6 is 0 Å². The number of hydrogen-bond acceptors (Lipinski definition) is 3. The Hall–Kier alpha value is -0.960. The van der Waals surface area contributed by atoms with Crippen molar-refractivity contribution in [3.8, 4) is 0 Å². The molecule has 0 aliphatic carbocycles. The van der Waals surface area contributed by atoms with Crippen LogP contribution in [0.2, 0.25) is 0 Å². The molecule has 1 fully saturated rings. The number of ether oxygens (including phenoxy) is 1. The highest BCUT2D eigenvalue weighted by molar-refractivity contribution is 5.99. The van der Waals surface area contributed by atoms with E-state index in [-0.39, 0.29) is 36.1 Å². The van der Waals surface area contributed by atoms with Gasteiger partial charge >= 0.3 is 0 Å². The largest absolute Gasteiger partial charge is 0.366 e. The van der Waals surface area contributed by atoms with Gasteiger partial charge in [-0.25, -0.2) is 0 Å². The number of fused-ring (bicyclic) bond motifs is 2. The number of Topliss-reactive ketones (excluding diaryl/α,β-unsaturated/α-hetero) is 2. The van der Waals surface area contributed by atoms with Crippen LogP contribution in [0, 0.1) is 5.92 Å². The van der Waals surface area contributed by atoms with Crippen LogP contribution in [0.3, 0.4) is 0 Å². The third-order valence-electron chi connectivity index (χ3n) is 2.57. The lowest BCUT2D eigenvalue weighted by molar-refractivity contribution is -0.128. The topological polar surface area (TPSA) is 43.4 Å². The van der Waals surface area contributed by atoms with E-state index in [2.05, 4.69) is 0 Å². The summed E-state index contributed by atoms with van der Waals surface area (Å²) in [4.78, 5) is 22.2. The summed E-state index contributed by atoms with van der Waals surface area (Å²) in [5, 5.41) is 0. The van der Waals surface area contributed by atoms with Crippen LogP contribution in [0.25, 0.3) is 0 Å². The Morgan fingerprint density at radius 3 is 2.69 bits per heavy atom. The molecular weight excluding hydrogens is 168 g/mol. The Morgan fingerprint density at radius 1 is 1.46 bits per heavy atom. The van der Waals surface area contributed by atoms with E-state index >= 15 is 0 Å². The van der Waals surface area contributed by atoms with Gasteiger partial charge in [-0.2, -0.15) is 0 Å². The monoisotopic (exact) mass is 180 g/mol. The lowest BCUT2D eigenvalue weighted by atomic mass is 9.88. The molecule has 0 N–H and O–H groups in total. The van der Waals surface area contributed by atoms with Crippen molar-refractivity contribution in [2.24, 2.45) is 5.92 Å². The summed E-state index contributed by atoms with van der Waals surface area (Å²) in [7, 11) is 0. The van der Waals surface area contributed by atoms with Crippen molar-refractivity contribution >= 4 is 11.6 Å². The fraction of sp³-hybridized carbons (Fsp3) is 0.600. The summed E-state index contributed by atoms with van der Waals surface area (Å²) >= 11 is 0. The average Bonchev–Trinajstić information content (AvgIpc) is 2.62. The van der Waals surface area contributed by atoms with Crippen molar-refractivity contribution in [3.05, 3.63) is 12.2 Å². The van der Waals surface area contributed by atoms with Crippen molar-refractivity contribution in [3.63, 3.8) is 0 Å². The molecule has 3 atom stereocenters. The molecule has 2 rings (SSSR count). The van der Waals surface area contributed by atoms with Crippen molar-refractivity contribution < 1.29 is 14.3 Å². The lowest BCUT2D eigenvalue weighted by Crippen LogP contribution is -2.24. The maximum atomic E-state index is 11.5. The maximum Gasteiger partial charge on any atom is 0.146 e. The molecule has 2 bridgehead atoms. The number of rotatable bonds is 3. The van der Waals surface area contributed by atoms with E-state index in [9.17, 15) is 9.59 Å². The summed E-state index contributed by atoms with van der Waals surface area (Å²) in [5.74, 6) is -0.0972. The highest BCUT2D eigenvalue weighted by atomic mass is 16.5. The zero-order chi connectivity index (χ0) is 9.42. The Labute approximate surface area is 76.8 Å². The molecule has 3 nitrogen and oxygen atoms in total. The van der Waals surface area contributed by atoms with Gasteiger partial charge in [-0.15, -0.1) is 0 Å². The van der Waals surface area contributed by atoms with Gasteiger partial charge < -0.3 is 4.74 Å². The van der Waals surface area contributed by atoms with Crippen molar-refractivity contribution in [2.75, 3.05) is 0 Å². The maximum absolute atomic E-state index is 11.5. The molecule has 3 heteroatoms. The summed E-state index contributed by atoms with van der Waals surface area (Å²) in [6.07, 6.45) is 4.79. The van der Waals surface area contributed by atoms with Crippen molar-refractivity contribution in [1.82, 2.24) is 0 Å². The first kappa shape index (κ1) is 8.63. The van der Waals surface area contributed by atoms with Gasteiger partial charge in [0.2, 0.25) is 0 Å². The first-order valence-corrected chi connectivity index (χ1v) is 4.53.